The van der Waals surface area contributed by atoms with Gasteiger partial charge >= 0.3 is 0 Å². The number of ether oxygens (including phenoxy) is 2. The van der Waals surface area contributed by atoms with Crippen molar-refractivity contribution in [2.75, 3.05) is 32.1 Å². The summed E-state index contributed by atoms with van der Waals surface area (Å²) in [5.74, 6) is 1.41. The van der Waals surface area contributed by atoms with Crippen molar-refractivity contribution >= 4 is 5.82 Å². The first-order chi connectivity index (χ1) is 17.3. The van der Waals surface area contributed by atoms with Gasteiger partial charge < -0.3 is 29.7 Å². The Morgan fingerprint density at radius 1 is 1.25 bits per heavy atom. The quantitative estimate of drug-likeness (QED) is 0.404. The van der Waals surface area contributed by atoms with Crippen LogP contribution in [0, 0.1) is 26.6 Å². The molecule has 0 saturated carbocycles. The van der Waals surface area contributed by atoms with Gasteiger partial charge in [0.05, 0.1) is 28.6 Å². The molecule has 0 aliphatic carbocycles. The number of aliphatic hydroxyl groups excluding tert-OH is 1. The standard InChI is InChI=1S/C26H34FN5O4/c1-14-10-18(8-9-34-14)29-25-15(2)24(23-16(3)32-36-17(23)4)30-26(31-25)21-11-20(6-7-22(21)27)35-13-19(33)12-28-5/h6-7,11,14,18-19,28,33H,8-10,12-13H2,1-5H3,(H,29,30,31)/t14?,18?,19-/m0/s1. The van der Waals surface area contributed by atoms with Crippen LogP contribution in [0.25, 0.3) is 22.6 Å². The van der Waals surface area contributed by atoms with Crippen LogP contribution < -0.4 is 15.4 Å². The average molecular weight is 500 g/mol. The zero-order valence-corrected chi connectivity index (χ0v) is 21.4. The van der Waals surface area contributed by atoms with Gasteiger partial charge in [0.2, 0.25) is 0 Å². The van der Waals surface area contributed by atoms with Crippen molar-refractivity contribution in [1.29, 1.82) is 0 Å². The number of likely N-dealkylation sites (N-methyl/N-ethyl adjacent to an activating group) is 1. The number of benzene rings is 1. The van der Waals surface area contributed by atoms with E-state index in [9.17, 15) is 5.11 Å². The van der Waals surface area contributed by atoms with E-state index in [-0.39, 0.29) is 30.1 Å². The highest BCUT2D eigenvalue weighted by atomic mass is 19.1. The fourth-order valence-electron chi connectivity index (χ4n) is 4.42. The lowest BCUT2D eigenvalue weighted by Crippen LogP contribution is -2.33. The molecule has 3 atom stereocenters. The summed E-state index contributed by atoms with van der Waals surface area (Å²) in [6, 6.07) is 4.57. The van der Waals surface area contributed by atoms with Crippen LogP contribution in [0.2, 0.25) is 0 Å². The van der Waals surface area contributed by atoms with Crippen molar-refractivity contribution in [2.45, 2.75) is 58.8 Å². The molecule has 1 aromatic carbocycles. The highest BCUT2D eigenvalue weighted by Crippen LogP contribution is 2.35. The summed E-state index contributed by atoms with van der Waals surface area (Å²) < 4.78 is 31.9. The lowest BCUT2D eigenvalue weighted by Gasteiger charge is -2.29. The van der Waals surface area contributed by atoms with Crippen molar-refractivity contribution in [3.8, 4) is 28.4 Å². The maximum absolute atomic E-state index is 15.1. The van der Waals surface area contributed by atoms with Crippen LogP contribution in [0.3, 0.4) is 0 Å². The number of aliphatic hydroxyl groups is 1. The number of nitrogens with zero attached hydrogens (tertiary/aromatic N) is 3. The summed E-state index contributed by atoms with van der Waals surface area (Å²) in [7, 11) is 1.75. The summed E-state index contributed by atoms with van der Waals surface area (Å²) in [6.07, 6.45) is 1.13. The minimum atomic E-state index is -0.692. The third kappa shape index (κ3) is 5.83. The Kier molecular flexibility index (Phi) is 8.17. The lowest BCUT2D eigenvalue weighted by atomic mass is 10.0. The van der Waals surface area contributed by atoms with E-state index < -0.39 is 11.9 Å². The summed E-state index contributed by atoms with van der Waals surface area (Å²) >= 11 is 0. The van der Waals surface area contributed by atoms with E-state index in [0.717, 1.165) is 24.0 Å². The number of hydrogen-bond donors (Lipinski definition) is 3. The first-order valence-electron chi connectivity index (χ1n) is 12.2. The largest absolute Gasteiger partial charge is 0.491 e. The van der Waals surface area contributed by atoms with Gasteiger partial charge in [0.15, 0.2) is 5.82 Å². The van der Waals surface area contributed by atoms with Crippen LogP contribution in [0.1, 0.15) is 36.8 Å². The second-order valence-electron chi connectivity index (χ2n) is 9.28. The van der Waals surface area contributed by atoms with E-state index in [2.05, 4.69) is 22.7 Å². The van der Waals surface area contributed by atoms with Gasteiger partial charge in [-0.25, -0.2) is 14.4 Å². The number of nitrogens with one attached hydrogen (secondary N) is 2. The van der Waals surface area contributed by atoms with Gasteiger partial charge in [0.25, 0.3) is 0 Å². The second kappa shape index (κ2) is 11.3. The highest BCUT2D eigenvalue weighted by Gasteiger charge is 2.25. The first kappa shape index (κ1) is 26.0. The van der Waals surface area contributed by atoms with Gasteiger partial charge in [-0.2, -0.15) is 0 Å². The van der Waals surface area contributed by atoms with Crippen molar-refractivity contribution in [3.63, 3.8) is 0 Å². The zero-order chi connectivity index (χ0) is 25.8. The smallest absolute Gasteiger partial charge is 0.165 e. The molecular formula is C26H34FN5O4. The summed E-state index contributed by atoms with van der Waals surface area (Å²) in [5.41, 5.74) is 3.13. The van der Waals surface area contributed by atoms with Crippen LogP contribution in [-0.4, -0.2) is 65.3 Å². The monoisotopic (exact) mass is 499 g/mol. The van der Waals surface area contributed by atoms with Crippen LogP contribution in [0.5, 0.6) is 5.75 Å². The van der Waals surface area contributed by atoms with E-state index in [4.69, 9.17) is 24.0 Å². The molecule has 1 aliphatic heterocycles. The summed E-state index contributed by atoms with van der Waals surface area (Å²) in [4.78, 5) is 9.52. The molecular weight excluding hydrogens is 465 g/mol. The molecule has 1 aliphatic rings. The normalized spacial score (nSPS) is 18.8. The van der Waals surface area contributed by atoms with Crippen molar-refractivity contribution in [1.82, 2.24) is 20.4 Å². The molecule has 3 heterocycles. The Bertz CT molecular complexity index is 1180. The van der Waals surface area contributed by atoms with E-state index >= 15 is 4.39 Å². The Hall–Kier alpha value is -3.08. The molecule has 4 rings (SSSR count). The molecule has 0 spiro atoms. The molecule has 2 aromatic heterocycles. The van der Waals surface area contributed by atoms with Crippen molar-refractivity contribution < 1.29 is 23.5 Å². The molecule has 36 heavy (non-hydrogen) atoms. The molecule has 194 valence electrons. The topological polar surface area (TPSA) is 115 Å². The second-order valence-corrected chi connectivity index (χ2v) is 9.28. The fraction of sp³-hybridized carbons (Fsp3) is 0.500. The molecule has 2 unspecified atom stereocenters. The van der Waals surface area contributed by atoms with Gasteiger partial charge in [0, 0.05) is 24.8 Å². The van der Waals surface area contributed by atoms with E-state index in [1.165, 1.54) is 12.1 Å². The summed E-state index contributed by atoms with van der Waals surface area (Å²) in [6.45, 7) is 8.79. The van der Waals surface area contributed by atoms with Gasteiger partial charge in [0.1, 0.15) is 35.9 Å². The Morgan fingerprint density at radius 2 is 2.06 bits per heavy atom. The summed E-state index contributed by atoms with van der Waals surface area (Å²) in [5, 5.41) is 20.5. The Balaban J connectivity index is 1.76. The number of anilines is 1. The first-order valence-corrected chi connectivity index (χ1v) is 12.2. The molecule has 3 N–H and O–H groups in total. The minimum absolute atomic E-state index is 0.0692. The molecule has 9 nitrogen and oxygen atoms in total. The number of hydrogen-bond acceptors (Lipinski definition) is 9. The van der Waals surface area contributed by atoms with Gasteiger partial charge in [-0.15, -0.1) is 0 Å². The minimum Gasteiger partial charge on any atom is -0.491 e. The Labute approximate surface area is 210 Å². The highest BCUT2D eigenvalue weighted by molar-refractivity contribution is 5.74. The van der Waals surface area contributed by atoms with E-state index in [0.29, 0.717) is 41.9 Å². The molecule has 1 saturated heterocycles. The number of rotatable bonds is 9. The lowest BCUT2D eigenvalue weighted by molar-refractivity contribution is 0.0231. The van der Waals surface area contributed by atoms with Crippen LogP contribution in [0.4, 0.5) is 10.2 Å². The third-order valence-corrected chi connectivity index (χ3v) is 6.30. The number of aromatic nitrogens is 3. The van der Waals surface area contributed by atoms with Gasteiger partial charge in [-0.3, -0.25) is 0 Å². The fourth-order valence-corrected chi connectivity index (χ4v) is 4.42. The Morgan fingerprint density at radius 3 is 2.75 bits per heavy atom. The zero-order valence-electron chi connectivity index (χ0n) is 21.4. The number of halogens is 1. The molecule has 0 radical (unpaired) electrons. The van der Waals surface area contributed by atoms with E-state index in [1.54, 1.807) is 13.1 Å². The van der Waals surface area contributed by atoms with Crippen molar-refractivity contribution in [2.24, 2.45) is 0 Å². The predicted molar refractivity (Wildman–Crippen MR) is 135 cm³/mol. The van der Waals surface area contributed by atoms with Crippen molar-refractivity contribution in [3.05, 3.63) is 41.0 Å². The SMILES string of the molecule is CNC[C@H](O)COc1ccc(F)c(-c2nc(NC3CCOC(C)C3)c(C)c(-c3c(C)noc3C)n2)c1. The molecule has 1 fully saturated rings. The molecule has 0 amide bonds. The average Bonchev–Trinajstić information content (AvgIpc) is 3.18. The maximum atomic E-state index is 15.1. The van der Waals surface area contributed by atoms with Crippen LogP contribution in [0.15, 0.2) is 22.7 Å². The maximum Gasteiger partial charge on any atom is 0.165 e. The number of aryl methyl sites for hydroxylation is 2. The van der Waals surface area contributed by atoms with E-state index in [1.807, 2.05) is 20.8 Å². The molecule has 0 bridgehead atoms. The van der Waals surface area contributed by atoms with Crippen LogP contribution in [-0.2, 0) is 4.74 Å². The van der Waals surface area contributed by atoms with Gasteiger partial charge in [-0.1, -0.05) is 5.16 Å². The molecule has 10 heteroatoms. The molecule has 3 aromatic rings. The van der Waals surface area contributed by atoms with Gasteiger partial charge in [-0.05, 0) is 65.8 Å². The van der Waals surface area contributed by atoms with Crippen LogP contribution >= 0.6 is 0 Å². The third-order valence-electron chi connectivity index (χ3n) is 6.30. The predicted octanol–water partition coefficient (Wildman–Crippen LogP) is 3.80.